The number of hydrogen-bond donors (Lipinski definition) is 0. The van der Waals surface area contributed by atoms with E-state index in [1.807, 2.05) is 42.1 Å². The van der Waals surface area contributed by atoms with Gasteiger partial charge in [0.2, 0.25) is 0 Å². The van der Waals surface area contributed by atoms with Gasteiger partial charge in [-0.1, -0.05) is 169 Å². The quantitative estimate of drug-likeness (QED) is 0.180. The highest BCUT2D eigenvalue weighted by Crippen LogP contribution is 2.62. The first kappa shape index (κ1) is 32.3. The average molecular weight is 745 g/mol. The van der Waals surface area contributed by atoms with Gasteiger partial charge in [0.1, 0.15) is 11.2 Å². The van der Waals surface area contributed by atoms with E-state index in [1.165, 1.54) is 43.2 Å². The van der Waals surface area contributed by atoms with Crippen LogP contribution in [0.3, 0.4) is 0 Å². The number of rotatable bonds is 4. The Morgan fingerprint density at radius 1 is 0.368 bits per heavy atom. The van der Waals surface area contributed by atoms with Crippen LogP contribution in [0.5, 0.6) is 0 Å². The van der Waals surface area contributed by atoms with Crippen LogP contribution < -0.4 is 0 Å². The fourth-order valence-corrected chi connectivity index (χ4v) is 10.6. The number of aromatic nitrogens is 2. The topological polar surface area (TPSA) is 38.9 Å². The molecule has 4 heteroatoms. The summed E-state index contributed by atoms with van der Waals surface area (Å²) in [6, 6.07) is 69.6. The fourth-order valence-electron chi connectivity index (χ4n) is 9.32. The fraction of sp³-hybridized carbons (Fsp3) is 0.0189. The number of nitrogens with zero attached hydrogens (tertiary/aromatic N) is 2. The first-order valence-electron chi connectivity index (χ1n) is 19.3. The van der Waals surface area contributed by atoms with Gasteiger partial charge in [0.15, 0.2) is 5.82 Å². The molecular formula is C53H32N2OS. The van der Waals surface area contributed by atoms with E-state index in [0.717, 1.165) is 61.1 Å². The van der Waals surface area contributed by atoms with Gasteiger partial charge in [-0.3, -0.25) is 0 Å². The molecule has 1 spiro atoms. The highest BCUT2D eigenvalue weighted by Gasteiger charge is 2.50. The van der Waals surface area contributed by atoms with Crippen LogP contribution in [0.4, 0.5) is 0 Å². The third-order valence-electron chi connectivity index (χ3n) is 11.8. The van der Waals surface area contributed by atoms with Gasteiger partial charge in [-0.15, -0.1) is 0 Å². The van der Waals surface area contributed by atoms with E-state index in [0.29, 0.717) is 5.82 Å². The Morgan fingerprint density at radius 2 is 0.965 bits per heavy atom. The SMILES string of the molecule is c1ccc(-c2nc(-c3ccc4c(c3)oc3ccccc34)cc(-c3ccccc3-c3ccc4c(c3)Sc3ccccc3C43c4ccccc4-c4ccccc43)n2)cc1. The van der Waals surface area contributed by atoms with Crippen molar-refractivity contribution in [3.63, 3.8) is 0 Å². The van der Waals surface area contributed by atoms with Crippen molar-refractivity contribution in [2.75, 3.05) is 0 Å². The van der Waals surface area contributed by atoms with Crippen LogP contribution in [0, 0.1) is 0 Å². The number of para-hydroxylation sites is 1. The highest BCUT2D eigenvalue weighted by molar-refractivity contribution is 7.99. The third kappa shape index (κ3) is 4.81. The van der Waals surface area contributed by atoms with Gasteiger partial charge in [-0.05, 0) is 80.9 Å². The zero-order chi connectivity index (χ0) is 37.5. The van der Waals surface area contributed by atoms with Gasteiger partial charge in [0.25, 0.3) is 0 Å². The zero-order valence-electron chi connectivity index (χ0n) is 30.7. The Morgan fingerprint density at radius 3 is 1.77 bits per heavy atom. The van der Waals surface area contributed by atoms with Gasteiger partial charge < -0.3 is 4.42 Å². The van der Waals surface area contributed by atoms with E-state index in [4.69, 9.17) is 14.4 Å². The molecule has 0 fully saturated rings. The van der Waals surface area contributed by atoms with Crippen molar-refractivity contribution in [3.05, 3.63) is 216 Å². The minimum atomic E-state index is -0.407. The smallest absolute Gasteiger partial charge is 0.160 e. The van der Waals surface area contributed by atoms with E-state index in [1.54, 1.807) is 0 Å². The van der Waals surface area contributed by atoms with Crippen molar-refractivity contribution in [1.82, 2.24) is 9.97 Å². The van der Waals surface area contributed by atoms with Crippen LogP contribution in [-0.4, -0.2) is 9.97 Å². The largest absolute Gasteiger partial charge is 0.456 e. The molecule has 0 bridgehead atoms. The lowest BCUT2D eigenvalue weighted by molar-refractivity contribution is 0.669. The predicted molar refractivity (Wildman–Crippen MR) is 232 cm³/mol. The lowest BCUT2D eigenvalue weighted by Gasteiger charge is -2.39. The monoisotopic (exact) mass is 744 g/mol. The van der Waals surface area contributed by atoms with E-state index in [-0.39, 0.29) is 0 Å². The minimum absolute atomic E-state index is 0.407. The van der Waals surface area contributed by atoms with Crippen molar-refractivity contribution in [2.45, 2.75) is 15.2 Å². The second kappa shape index (κ2) is 12.5. The summed E-state index contributed by atoms with van der Waals surface area (Å²) in [4.78, 5) is 13.0. The molecule has 0 amide bonds. The number of furan rings is 1. The molecule has 12 rings (SSSR count). The molecule has 10 aromatic rings. The molecule has 3 heterocycles. The summed E-state index contributed by atoms with van der Waals surface area (Å²) in [5.41, 5.74) is 16.3. The summed E-state index contributed by atoms with van der Waals surface area (Å²) >= 11 is 1.87. The second-order valence-corrected chi connectivity index (χ2v) is 15.9. The molecule has 1 aliphatic carbocycles. The van der Waals surface area contributed by atoms with Crippen molar-refractivity contribution in [1.29, 1.82) is 0 Å². The van der Waals surface area contributed by atoms with E-state index >= 15 is 0 Å². The van der Waals surface area contributed by atoms with E-state index in [2.05, 4.69) is 164 Å². The standard InChI is InChI=1S/C53H32N2OS/c1-2-14-33(15-3-1)52-54-46(35-26-28-41-40-20-8-12-24-48(40)56-49(41)30-35)32-47(55-52)39-19-5-4-16-36(39)34-27-29-45-51(31-34)57-50-25-13-11-23-44(50)53(45)42-21-9-6-17-37(42)38-18-7-10-22-43(38)53/h1-32H. The Kier molecular flexibility index (Phi) is 7.08. The van der Waals surface area contributed by atoms with Crippen LogP contribution in [0.1, 0.15) is 22.3 Å². The number of benzene rings is 8. The molecule has 0 saturated heterocycles. The van der Waals surface area contributed by atoms with Gasteiger partial charge in [-0.25, -0.2) is 9.97 Å². The number of hydrogen-bond acceptors (Lipinski definition) is 4. The van der Waals surface area contributed by atoms with Crippen molar-refractivity contribution in [3.8, 4) is 56.2 Å². The first-order chi connectivity index (χ1) is 28.2. The molecule has 0 atom stereocenters. The van der Waals surface area contributed by atoms with Gasteiger partial charge in [-0.2, -0.15) is 0 Å². The maximum absolute atomic E-state index is 6.32. The summed E-state index contributed by atoms with van der Waals surface area (Å²) in [6.45, 7) is 0. The maximum Gasteiger partial charge on any atom is 0.160 e. The molecule has 1 aliphatic heterocycles. The predicted octanol–water partition coefficient (Wildman–Crippen LogP) is 13.9. The summed E-state index contributed by atoms with van der Waals surface area (Å²) in [7, 11) is 0. The van der Waals surface area contributed by atoms with E-state index in [9.17, 15) is 0 Å². The Labute approximate surface area is 334 Å². The van der Waals surface area contributed by atoms with Crippen molar-refractivity contribution >= 4 is 33.7 Å². The Bertz CT molecular complexity index is 3190. The molecule has 2 aromatic heterocycles. The Balaban J connectivity index is 1.04. The van der Waals surface area contributed by atoms with Crippen LogP contribution in [0.15, 0.2) is 208 Å². The average Bonchev–Trinajstić information content (AvgIpc) is 3.80. The lowest BCUT2D eigenvalue weighted by atomic mass is 9.67. The number of fused-ring (bicyclic) bond motifs is 12. The van der Waals surface area contributed by atoms with Crippen LogP contribution in [0.2, 0.25) is 0 Å². The molecule has 0 N–H and O–H groups in total. The van der Waals surface area contributed by atoms with Gasteiger partial charge >= 0.3 is 0 Å². The third-order valence-corrected chi connectivity index (χ3v) is 12.9. The zero-order valence-corrected chi connectivity index (χ0v) is 31.5. The van der Waals surface area contributed by atoms with Crippen molar-refractivity contribution in [2.24, 2.45) is 0 Å². The normalized spacial score (nSPS) is 13.3. The van der Waals surface area contributed by atoms with Gasteiger partial charge in [0, 0.05) is 37.3 Å². The second-order valence-electron chi connectivity index (χ2n) is 14.8. The summed E-state index contributed by atoms with van der Waals surface area (Å²) in [5, 5.41) is 2.21. The summed E-state index contributed by atoms with van der Waals surface area (Å²) in [6.07, 6.45) is 0. The molecule has 57 heavy (non-hydrogen) atoms. The first-order valence-corrected chi connectivity index (χ1v) is 20.1. The van der Waals surface area contributed by atoms with Crippen molar-refractivity contribution < 1.29 is 4.42 Å². The molecule has 0 unspecified atom stereocenters. The van der Waals surface area contributed by atoms with Crippen LogP contribution in [0.25, 0.3) is 78.1 Å². The summed E-state index contributed by atoms with van der Waals surface area (Å²) in [5.74, 6) is 0.681. The minimum Gasteiger partial charge on any atom is -0.456 e. The van der Waals surface area contributed by atoms with E-state index < -0.39 is 5.41 Å². The molecule has 0 saturated carbocycles. The molecule has 266 valence electrons. The Hall–Kier alpha value is -7.01. The van der Waals surface area contributed by atoms with Gasteiger partial charge in [0.05, 0.1) is 16.8 Å². The molecule has 2 aliphatic rings. The summed E-state index contributed by atoms with van der Waals surface area (Å²) < 4.78 is 6.32. The molecule has 3 nitrogen and oxygen atoms in total. The maximum atomic E-state index is 6.32. The highest BCUT2D eigenvalue weighted by atomic mass is 32.2. The molecule has 8 aromatic carbocycles. The van der Waals surface area contributed by atoms with Crippen LogP contribution >= 0.6 is 11.8 Å². The molecule has 0 radical (unpaired) electrons. The lowest BCUT2D eigenvalue weighted by Crippen LogP contribution is -2.31. The molecular weight excluding hydrogens is 713 g/mol. The van der Waals surface area contributed by atoms with Crippen LogP contribution in [-0.2, 0) is 5.41 Å².